The van der Waals surface area contributed by atoms with Crippen molar-refractivity contribution < 1.29 is 28.5 Å². The van der Waals surface area contributed by atoms with Crippen molar-refractivity contribution in [3.8, 4) is 17.2 Å². The monoisotopic (exact) mass is 488 g/mol. The molecule has 0 aromatic heterocycles. The molecule has 0 saturated heterocycles. The summed E-state index contributed by atoms with van der Waals surface area (Å²) in [5.74, 6) is 0.880. The molecule has 0 aliphatic carbocycles. The number of hydrazone groups is 1. The molecule has 0 bridgehead atoms. The van der Waals surface area contributed by atoms with Crippen molar-refractivity contribution in [3.05, 3.63) is 89.5 Å². The molecular weight excluding hydrogens is 460 g/mol. The average molecular weight is 489 g/mol. The number of carbonyl (C=O) groups is 2. The highest BCUT2D eigenvalue weighted by molar-refractivity contribution is 6.03. The molecule has 0 fully saturated rings. The molecule has 1 aliphatic heterocycles. The number of hydrogen-bond acceptors (Lipinski definition) is 7. The van der Waals surface area contributed by atoms with Crippen LogP contribution in [0.3, 0.4) is 0 Å². The van der Waals surface area contributed by atoms with Crippen LogP contribution >= 0.6 is 0 Å². The third-order valence-corrected chi connectivity index (χ3v) is 5.93. The molecule has 3 aromatic carbocycles. The van der Waals surface area contributed by atoms with Crippen LogP contribution in [0.25, 0.3) is 0 Å². The van der Waals surface area contributed by atoms with Crippen molar-refractivity contribution in [1.29, 1.82) is 0 Å². The molecule has 1 amide bonds. The maximum Gasteiger partial charge on any atom is 0.310 e. The summed E-state index contributed by atoms with van der Waals surface area (Å²) in [6.07, 6.45) is 0.537. The van der Waals surface area contributed by atoms with Gasteiger partial charge in [0, 0.05) is 6.42 Å². The highest BCUT2D eigenvalue weighted by Gasteiger charge is 2.33. The number of ether oxygens (including phenoxy) is 4. The van der Waals surface area contributed by atoms with Gasteiger partial charge in [0.25, 0.3) is 5.91 Å². The molecular formula is C28H28N2O6. The quantitative estimate of drug-likeness (QED) is 0.420. The van der Waals surface area contributed by atoms with Crippen LogP contribution in [0.5, 0.6) is 17.2 Å². The molecule has 8 nitrogen and oxygen atoms in total. The van der Waals surface area contributed by atoms with E-state index in [1.54, 1.807) is 32.4 Å². The summed E-state index contributed by atoms with van der Waals surface area (Å²) in [4.78, 5) is 25.6. The molecule has 1 atom stereocenters. The molecule has 1 unspecified atom stereocenters. The number of esters is 1. The van der Waals surface area contributed by atoms with Gasteiger partial charge in [0.05, 0.1) is 39.5 Å². The smallest absolute Gasteiger partial charge is 0.310 e. The Morgan fingerprint density at radius 2 is 1.61 bits per heavy atom. The topological polar surface area (TPSA) is 86.7 Å². The fourth-order valence-corrected chi connectivity index (χ4v) is 4.05. The standard InChI is InChI=1S/C28H28N2O6/c1-33-22-12-10-21(11-13-22)24-17-23(20-7-5-4-6-8-20)29-30(24)27(31)18-36-28(32)16-19-9-14-25(34-2)26(15-19)35-3/h4-15,24H,16-18H2,1-3H3. The molecule has 3 aromatic rings. The van der Waals surface area contributed by atoms with Crippen molar-refractivity contribution in [1.82, 2.24) is 5.01 Å². The minimum atomic E-state index is -0.525. The van der Waals surface area contributed by atoms with Gasteiger partial charge in [-0.05, 0) is 41.0 Å². The Balaban J connectivity index is 1.46. The van der Waals surface area contributed by atoms with Crippen molar-refractivity contribution in [2.45, 2.75) is 18.9 Å². The number of amides is 1. The van der Waals surface area contributed by atoms with E-state index in [1.165, 1.54) is 12.1 Å². The molecule has 4 rings (SSSR count). The highest BCUT2D eigenvalue weighted by atomic mass is 16.5. The Kier molecular flexibility index (Phi) is 7.85. The Hall–Kier alpha value is -4.33. The normalized spacial score (nSPS) is 14.7. The van der Waals surface area contributed by atoms with Crippen molar-refractivity contribution in [3.63, 3.8) is 0 Å². The minimum absolute atomic E-state index is 0.00588. The fourth-order valence-electron chi connectivity index (χ4n) is 4.05. The van der Waals surface area contributed by atoms with Crippen LogP contribution in [-0.4, -0.2) is 50.5 Å². The van der Waals surface area contributed by atoms with Gasteiger partial charge in [0.2, 0.25) is 0 Å². The predicted molar refractivity (Wildman–Crippen MR) is 134 cm³/mol. The number of hydrogen-bond donors (Lipinski definition) is 0. The first kappa shape index (κ1) is 24.8. The van der Waals surface area contributed by atoms with E-state index in [9.17, 15) is 9.59 Å². The third-order valence-electron chi connectivity index (χ3n) is 5.93. The summed E-state index contributed by atoms with van der Waals surface area (Å²) in [7, 11) is 4.67. The minimum Gasteiger partial charge on any atom is -0.497 e. The van der Waals surface area contributed by atoms with Crippen LogP contribution in [0, 0.1) is 0 Å². The summed E-state index contributed by atoms with van der Waals surface area (Å²) < 4.78 is 21.1. The van der Waals surface area contributed by atoms with Crippen molar-refractivity contribution in [2.24, 2.45) is 5.10 Å². The fraction of sp³-hybridized carbons (Fsp3) is 0.250. The molecule has 0 radical (unpaired) electrons. The number of benzene rings is 3. The van der Waals surface area contributed by atoms with E-state index in [1.807, 2.05) is 54.6 Å². The maximum absolute atomic E-state index is 13.2. The Labute approximate surface area is 210 Å². The molecule has 36 heavy (non-hydrogen) atoms. The lowest BCUT2D eigenvalue weighted by Crippen LogP contribution is -2.31. The van der Waals surface area contributed by atoms with E-state index in [2.05, 4.69) is 5.10 Å². The van der Waals surface area contributed by atoms with E-state index in [0.29, 0.717) is 23.5 Å². The second-order valence-electron chi connectivity index (χ2n) is 8.17. The van der Waals surface area contributed by atoms with Gasteiger partial charge in [0.1, 0.15) is 5.75 Å². The summed E-state index contributed by atoms with van der Waals surface area (Å²) >= 11 is 0. The number of nitrogens with zero attached hydrogens (tertiary/aromatic N) is 2. The van der Waals surface area contributed by atoms with Crippen LogP contribution in [0.15, 0.2) is 77.9 Å². The van der Waals surface area contributed by atoms with Crippen LogP contribution in [0.2, 0.25) is 0 Å². The molecule has 0 saturated carbocycles. The summed E-state index contributed by atoms with van der Waals surface area (Å²) in [5.41, 5.74) is 3.33. The molecule has 1 aliphatic rings. The molecule has 186 valence electrons. The van der Waals surface area contributed by atoms with Crippen LogP contribution < -0.4 is 14.2 Å². The first-order valence-corrected chi connectivity index (χ1v) is 11.5. The SMILES string of the molecule is COc1ccc(C2CC(c3ccccc3)=NN2C(=O)COC(=O)Cc2ccc(OC)c(OC)c2)cc1. The van der Waals surface area contributed by atoms with Gasteiger partial charge in [-0.3, -0.25) is 9.59 Å². The maximum atomic E-state index is 13.2. The van der Waals surface area contributed by atoms with E-state index in [-0.39, 0.29) is 12.5 Å². The highest BCUT2D eigenvalue weighted by Crippen LogP contribution is 2.33. The van der Waals surface area contributed by atoms with Crippen molar-refractivity contribution >= 4 is 17.6 Å². The van der Waals surface area contributed by atoms with Gasteiger partial charge in [-0.2, -0.15) is 5.10 Å². The Morgan fingerprint density at radius 1 is 0.889 bits per heavy atom. The lowest BCUT2D eigenvalue weighted by Gasteiger charge is -2.22. The number of rotatable bonds is 9. The van der Waals surface area contributed by atoms with Crippen LogP contribution in [0.1, 0.15) is 29.2 Å². The van der Waals surface area contributed by atoms with Gasteiger partial charge in [-0.25, -0.2) is 5.01 Å². The molecule has 1 heterocycles. The zero-order chi connectivity index (χ0) is 25.5. The molecule has 0 N–H and O–H groups in total. The lowest BCUT2D eigenvalue weighted by atomic mass is 9.98. The van der Waals surface area contributed by atoms with Crippen molar-refractivity contribution in [2.75, 3.05) is 27.9 Å². The second kappa shape index (κ2) is 11.4. The zero-order valence-corrected chi connectivity index (χ0v) is 20.5. The average Bonchev–Trinajstić information content (AvgIpc) is 3.38. The van der Waals surface area contributed by atoms with Gasteiger partial charge in [-0.1, -0.05) is 48.5 Å². The Bertz CT molecular complexity index is 1240. The number of methoxy groups -OCH3 is 3. The Morgan fingerprint density at radius 3 is 2.28 bits per heavy atom. The molecule has 0 spiro atoms. The van der Waals surface area contributed by atoms with Gasteiger partial charge in [-0.15, -0.1) is 0 Å². The second-order valence-corrected chi connectivity index (χ2v) is 8.17. The first-order chi connectivity index (χ1) is 17.5. The predicted octanol–water partition coefficient (Wildman–Crippen LogP) is 4.18. The molecule has 8 heteroatoms. The van der Waals surface area contributed by atoms with Gasteiger partial charge >= 0.3 is 5.97 Å². The zero-order valence-electron chi connectivity index (χ0n) is 20.5. The summed E-state index contributed by atoms with van der Waals surface area (Å²) in [6, 6.07) is 22.1. The largest absolute Gasteiger partial charge is 0.497 e. The van der Waals surface area contributed by atoms with E-state index in [0.717, 1.165) is 22.6 Å². The van der Waals surface area contributed by atoms with Crippen LogP contribution in [-0.2, 0) is 20.7 Å². The van der Waals surface area contributed by atoms with Gasteiger partial charge < -0.3 is 18.9 Å². The van der Waals surface area contributed by atoms with Crippen LogP contribution in [0.4, 0.5) is 0 Å². The van der Waals surface area contributed by atoms with E-state index in [4.69, 9.17) is 18.9 Å². The summed E-state index contributed by atoms with van der Waals surface area (Å²) in [6.45, 7) is -0.412. The lowest BCUT2D eigenvalue weighted by molar-refractivity contribution is -0.152. The summed E-state index contributed by atoms with van der Waals surface area (Å²) in [5, 5.41) is 6.02. The first-order valence-electron chi connectivity index (χ1n) is 11.5. The third kappa shape index (κ3) is 5.66. The number of carbonyl (C=O) groups excluding carboxylic acids is 2. The van der Waals surface area contributed by atoms with E-state index >= 15 is 0 Å². The van der Waals surface area contributed by atoms with E-state index < -0.39 is 18.5 Å². The van der Waals surface area contributed by atoms with Gasteiger partial charge in [0.15, 0.2) is 18.1 Å².